The summed E-state index contributed by atoms with van der Waals surface area (Å²) in [5.74, 6) is 0. The molecule has 0 bridgehead atoms. The van der Waals surface area contributed by atoms with Gasteiger partial charge in [-0.1, -0.05) is 44.6 Å². The van der Waals surface area contributed by atoms with E-state index in [1.54, 1.807) is 0 Å². The Labute approximate surface area is 94.6 Å². The van der Waals surface area contributed by atoms with E-state index in [0.29, 0.717) is 0 Å². The lowest BCUT2D eigenvalue weighted by atomic mass is 10.1. The molecule has 0 aromatic carbocycles. The van der Waals surface area contributed by atoms with Gasteiger partial charge in [0, 0.05) is 0 Å². The van der Waals surface area contributed by atoms with Crippen LogP contribution in [0.3, 0.4) is 0 Å². The van der Waals surface area contributed by atoms with E-state index < -0.39 is 0 Å². The van der Waals surface area contributed by atoms with Crippen LogP contribution in [-0.4, -0.2) is 6.54 Å². The van der Waals surface area contributed by atoms with Crippen molar-refractivity contribution >= 4 is 12.6 Å². The number of rotatable bonds is 10. The highest BCUT2D eigenvalue weighted by Gasteiger charge is 1.90. The maximum absolute atomic E-state index is 5.42. The number of hydrogen-bond donors (Lipinski definition) is 2. The minimum atomic E-state index is 0.857. The van der Waals surface area contributed by atoms with Crippen molar-refractivity contribution in [3.63, 3.8) is 0 Å². The second-order valence-electron chi connectivity index (χ2n) is 3.79. The Hall–Kier alpha value is 0.0500. The van der Waals surface area contributed by atoms with E-state index in [2.05, 4.69) is 18.7 Å². The molecule has 0 atom stereocenters. The Balaban J connectivity index is 2.85. The molecule has 0 amide bonds. The van der Waals surface area contributed by atoms with E-state index in [4.69, 9.17) is 5.73 Å². The molecule has 0 unspecified atom stereocenters. The zero-order valence-corrected chi connectivity index (χ0v) is 10.1. The molecule has 0 fully saturated rings. The molecule has 0 heterocycles. The van der Waals surface area contributed by atoms with Crippen LogP contribution in [0.15, 0.2) is 11.5 Å². The smallest absolute Gasteiger partial charge is 0.00773 e. The van der Waals surface area contributed by atoms with Gasteiger partial charge >= 0.3 is 0 Å². The molecule has 0 aliphatic heterocycles. The molecule has 0 saturated heterocycles. The lowest BCUT2D eigenvalue weighted by Crippen LogP contribution is -1.97. The van der Waals surface area contributed by atoms with Gasteiger partial charge in [-0.2, -0.15) is 12.6 Å². The monoisotopic (exact) mass is 215 g/mol. The summed E-state index contributed by atoms with van der Waals surface area (Å²) < 4.78 is 0. The molecule has 0 aliphatic carbocycles. The van der Waals surface area contributed by atoms with Gasteiger partial charge < -0.3 is 5.73 Å². The van der Waals surface area contributed by atoms with Crippen molar-refractivity contribution in [1.29, 1.82) is 0 Å². The minimum Gasteiger partial charge on any atom is -0.330 e. The second-order valence-corrected chi connectivity index (χ2v) is 4.09. The first-order valence-electron chi connectivity index (χ1n) is 5.91. The Morgan fingerprint density at radius 1 is 0.786 bits per heavy atom. The third-order valence-electron chi connectivity index (χ3n) is 2.43. The largest absolute Gasteiger partial charge is 0.330 e. The van der Waals surface area contributed by atoms with Crippen molar-refractivity contribution in [1.82, 2.24) is 0 Å². The van der Waals surface area contributed by atoms with Crippen LogP contribution in [0, 0.1) is 0 Å². The van der Waals surface area contributed by atoms with E-state index in [-0.39, 0.29) is 0 Å². The van der Waals surface area contributed by atoms with Gasteiger partial charge in [-0.15, -0.1) is 0 Å². The molecular weight excluding hydrogens is 190 g/mol. The SMILES string of the molecule is NCCCCCCCCCCC=CS. The van der Waals surface area contributed by atoms with E-state index in [1.807, 2.05) is 5.41 Å². The topological polar surface area (TPSA) is 26.0 Å². The van der Waals surface area contributed by atoms with Gasteiger partial charge in [0.05, 0.1) is 0 Å². The number of hydrogen-bond acceptors (Lipinski definition) is 2. The van der Waals surface area contributed by atoms with Gasteiger partial charge in [0.15, 0.2) is 0 Å². The van der Waals surface area contributed by atoms with Crippen molar-refractivity contribution in [2.75, 3.05) is 6.54 Å². The summed E-state index contributed by atoms with van der Waals surface area (Å²) in [5, 5.41) is 1.84. The summed E-state index contributed by atoms with van der Waals surface area (Å²) in [4.78, 5) is 0. The zero-order valence-electron chi connectivity index (χ0n) is 9.25. The molecule has 0 rings (SSSR count). The van der Waals surface area contributed by atoms with Crippen molar-refractivity contribution in [2.24, 2.45) is 5.73 Å². The maximum atomic E-state index is 5.42. The van der Waals surface area contributed by atoms with Crippen LogP contribution in [-0.2, 0) is 0 Å². The molecule has 0 radical (unpaired) electrons. The highest BCUT2D eigenvalue weighted by Crippen LogP contribution is 2.09. The highest BCUT2D eigenvalue weighted by atomic mass is 32.1. The van der Waals surface area contributed by atoms with Crippen molar-refractivity contribution in [3.8, 4) is 0 Å². The molecule has 0 aliphatic rings. The summed E-state index contributed by atoms with van der Waals surface area (Å²) in [6.07, 6.45) is 14.1. The molecule has 2 heteroatoms. The van der Waals surface area contributed by atoms with Crippen LogP contribution in [0.5, 0.6) is 0 Å². The molecule has 0 spiro atoms. The fourth-order valence-corrected chi connectivity index (χ4v) is 1.69. The fourth-order valence-electron chi connectivity index (χ4n) is 1.54. The van der Waals surface area contributed by atoms with Crippen LogP contribution < -0.4 is 5.73 Å². The summed E-state index contributed by atoms with van der Waals surface area (Å²) in [7, 11) is 0. The number of unbranched alkanes of at least 4 members (excludes halogenated alkanes) is 8. The summed E-state index contributed by atoms with van der Waals surface area (Å²) >= 11 is 4.02. The molecule has 0 aromatic rings. The normalized spacial score (nSPS) is 11.3. The number of thiol groups is 1. The Morgan fingerprint density at radius 3 is 1.79 bits per heavy atom. The summed E-state index contributed by atoms with van der Waals surface area (Å²) in [5.41, 5.74) is 5.42. The Bertz CT molecular complexity index is 123. The van der Waals surface area contributed by atoms with Gasteiger partial charge in [-0.25, -0.2) is 0 Å². The Kier molecular flexibility index (Phi) is 13.1. The van der Waals surface area contributed by atoms with Crippen LogP contribution in [0.4, 0.5) is 0 Å². The fraction of sp³-hybridized carbons (Fsp3) is 0.833. The third-order valence-corrected chi connectivity index (χ3v) is 2.64. The van der Waals surface area contributed by atoms with E-state index in [1.165, 1.54) is 57.8 Å². The Morgan fingerprint density at radius 2 is 1.29 bits per heavy atom. The molecule has 0 aromatic heterocycles. The minimum absolute atomic E-state index is 0.857. The van der Waals surface area contributed by atoms with Crippen LogP contribution in [0.1, 0.15) is 57.8 Å². The van der Waals surface area contributed by atoms with Gasteiger partial charge in [-0.3, -0.25) is 0 Å². The first-order valence-corrected chi connectivity index (χ1v) is 6.42. The third kappa shape index (κ3) is 12.0. The van der Waals surface area contributed by atoms with E-state index >= 15 is 0 Å². The summed E-state index contributed by atoms with van der Waals surface area (Å²) in [6, 6.07) is 0. The van der Waals surface area contributed by atoms with Crippen LogP contribution in [0.25, 0.3) is 0 Å². The summed E-state index contributed by atoms with van der Waals surface area (Å²) in [6.45, 7) is 0.857. The molecule has 84 valence electrons. The zero-order chi connectivity index (χ0) is 10.5. The highest BCUT2D eigenvalue weighted by molar-refractivity contribution is 7.83. The van der Waals surface area contributed by atoms with Crippen molar-refractivity contribution < 1.29 is 0 Å². The molecule has 0 saturated carbocycles. The van der Waals surface area contributed by atoms with Crippen LogP contribution >= 0.6 is 12.6 Å². The van der Waals surface area contributed by atoms with Crippen molar-refractivity contribution in [2.45, 2.75) is 57.8 Å². The molecule has 1 nitrogen and oxygen atoms in total. The average Bonchev–Trinajstić information content (AvgIpc) is 2.21. The van der Waals surface area contributed by atoms with Gasteiger partial charge in [-0.05, 0) is 31.2 Å². The average molecular weight is 215 g/mol. The first-order chi connectivity index (χ1) is 6.91. The molecular formula is C12H25NS. The van der Waals surface area contributed by atoms with E-state index in [0.717, 1.165) is 6.54 Å². The molecule has 14 heavy (non-hydrogen) atoms. The predicted octanol–water partition coefficient (Wildman–Crippen LogP) is 3.90. The number of allylic oxidation sites excluding steroid dienone is 1. The van der Waals surface area contributed by atoms with E-state index in [9.17, 15) is 0 Å². The quantitative estimate of drug-likeness (QED) is 0.419. The second kappa shape index (κ2) is 13.1. The van der Waals surface area contributed by atoms with Gasteiger partial charge in [0.25, 0.3) is 0 Å². The predicted molar refractivity (Wildman–Crippen MR) is 68.7 cm³/mol. The van der Waals surface area contributed by atoms with Gasteiger partial charge in [0.1, 0.15) is 0 Å². The van der Waals surface area contributed by atoms with Gasteiger partial charge in [0.2, 0.25) is 0 Å². The standard InChI is InChI=1S/C12H25NS/c13-11-9-7-5-3-1-2-4-6-8-10-12-14/h10,12,14H,1-9,11,13H2. The van der Waals surface area contributed by atoms with Crippen molar-refractivity contribution in [3.05, 3.63) is 11.5 Å². The lowest BCUT2D eigenvalue weighted by Gasteiger charge is -2.00. The molecule has 2 N–H and O–H groups in total. The first kappa shape index (κ1) is 14.1. The van der Waals surface area contributed by atoms with Crippen LogP contribution in [0.2, 0.25) is 0 Å². The maximum Gasteiger partial charge on any atom is -0.00773 e. The lowest BCUT2D eigenvalue weighted by molar-refractivity contribution is 0.572. The number of nitrogens with two attached hydrogens (primary N) is 1.